The lowest BCUT2D eigenvalue weighted by Crippen LogP contribution is -2.13. The third-order valence-electron chi connectivity index (χ3n) is 2.64. The molecule has 1 aromatic carbocycles. The van der Waals surface area contributed by atoms with E-state index in [9.17, 15) is 12.8 Å². The lowest BCUT2D eigenvalue weighted by Gasteiger charge is -2.11. The molecule has 0 bridgehead atoms. The Labute approximate surface area is 121 Å². The van der Waals surface area contributed by atoms with E-state index in [1.807, 2.05) is 0 Å². The van der Waals surface area contributed by atoms with Gasteiger partial charge in [-0.15, -0.1) is 0 Å². The first kappa shape index (κ1) is 15.0. The van der Waals surface area contributed by atoms with Gasteiger partial charge in [0.1, 0.15) is 0 Å². The third-order valence-corrected chi connectivity index (χ3v) is 4.02. The third kappa shape index (κ3) is 3.40. The highest BCUT2D eigenvalue weighted by molar-refractivity contribution is 7.92. The van der Waals surface area contributed by atoms with E-state index in [0.717, 1.165) is 12.3 Å². The summed E-state index contributed by atoms with van der Waals surface area (Å²) in [6, 6.07) is 6.53. The maximum absolute atomic E-state index is 12.7. The molecule has 2 rings (SSSR count). The molecule has 1 heterocycles. The van der Waals surface area contributed by atoms with E-state index in [1.54, 1.807) is 0 Å². The molecule has 8 heteroatoms. The van der Waals surface area contributed by atoms with Crippen molar-refractivity contribution in [1.82, 2.24) is 4.98 Å². The molecule has 2 aromatic rings. The van der Waals surface area contributed by atoms with Crippen molar-refractivity contribution in [3.63, 3.8) is 0 Å². The van der Waals surface area contributed by atoms with Gasteiger partial charge in [-0.1, -0.05) is 0 Å². The van der Waals surface area contributed by atoms with Gasteiger partial charge in [0.2, 0.25) is 5.95 Å². The zero-order chi connectivity index (χ0) is 15.5. The molecule has 0 aliphatic heterocycles. The molecule has 0 fully saturated rings. The lowest BCUT2D eigenvalue weighted by molar-refractivity contribution is 0.354. The molecule has 6 nitrogen and oxygen atoms in total. The minimum Gasteiger partial charge on any atom is -0.493 e. The average molecular weight is 312 g/mol. The van der Waals surface area contributed by atoms with Crippen molar-refractivity contribution >= 4 is 15.7 Å². The van der Waals surface area contributed by atoms with Gasteiger partial charge in [-0.2, -0.15) is 4.39 Å². The number of anilines is 1. The normalized spacial score (nSPS) is 11.0. The Morgan fingerprint density at radius 2 is 1.81 bits per heavy atom. The Kier molecular flexibility index (Phi) is 4.27. The van der Waals surface area contributed by atoms with Crippen LogP contribution in [0, 0.1) is 5.95 Å². The number of rotatable bonds is 5. The van der Waals surface area contributed by atoms with Gasteiger partial charge < -0.3 is 9.47 Å². The van der Waals surface area contributed by atoms with Gasteiger partial charge in [-0.3, -0.25) is 4.72 Å². The Hall–Kier alpha value is -2.35. The molecule has 0 radical (unpaired) electrons. The highest BCUT2D eigenvalue weighted by atomic mass is 32.2. The molecule has 21 heavy (non-hydrogen) atoms. The molecule has 0 unspecified atom stereocenters. The first-order valence-corrected chi connectivity index (χ1v) is 7.31. The highest BCUT2D eigenvalue weighted by Gasteiger charge is 2.17. The summed E-state index contributed by atoms with van der Waals surface area (Å²) >= 11 is 0. The van der Waals surface area contributed by atoms with E-state index in [4.69, 9.17) is 9.47 Å². The van der Waals surface area contributed by atoms with Crippen molar-refractivity contribution in [3.8, 4) is 11.5 Å². The number of nitrogens with zero attached hydrogens (tertiary/aromatic N) is 1. The van der Waals surface area contributed by atoms with Gasteiger partial charge >= 0.3 is 0 Å². The molecule has 0 atom stereocenters. The molecule has 0 amide bonds. The van der Waals surface area contributed by atoms with Crippen LogP contribution in [0.25, 0.3) is 0 Å². The van der Waals surface area contributed by atoms with E-state index in [0.29, 0.717) is 5.75 Å². The fourth-order valence-corrected chi connectivity index (χ4v) is 2.69. The molecular formula is C13H13FN2O4S. The quantitative estimate of drug-likeness (QED) is 0.855. The Morgan fingerprint density at radius 1 is 1.10 bits per heavy atom. The summed E-state index contributed by atoms with van der Waals surface area (Å²) in [6.45, 7) is 0. The second-order valence-electron chi connectivity index (χ2n) is 3.99. The van der Waals surface area contributed by atoms with Crippen LogP contribution in [-0.2, 0) is 10.0 Å². The van der Waals surface area contributed by atoms with Crippen molar-refractivity contribution < 1.29 is 22.3 Å². The average Bonchev–Trinajstić information content (AvgIpc) is 2.48. The highest BCUT2D eigenvalue weighted by Crippen LogP contribution is 2.30. The van der Waals surface area contributed by atoms with Crippen LogP contribution in [0.2, 0.25) is 0 Å². The summed E-state index contributed by atoms with van der Waals surface area (Å²) in [5.74, 6) is 0.0153. The van der Waals surface area contributed by atoms with Crippen LogP contribution in [0.5, 0.6) is 11.5 Å². The lowest BCUT2D eigenvalue weighted by atomic mass is 10.3. The second kappa shape index (κ2) is 5.96. The van der Waals surface area contributed by atoms with Crippen molar-refractivity contribution in [2.75, 3.05) is 18.9 Å². The maximum atomic E-state index is 12.7. The zero-order valence-corrected chi connectivity index (χ0v) is 12.1. The number of ether oxygens (including phenoxy) is 2. The van der Waals surface area contributed by atoms with Crippen molar-refractivity contribution in [1.29, 1.82) is 0 Å². The van der Waals surface area contributed by atoms with Gasteiger partial charge in [0.25, 0.3) is 10.0 Å². The minimum absolute atomic E-state index is 0.00975. The predicted molar refractivity (Wildman–Crippen MR) is 74.5 cm³/mol. The van der Waals surface area contributed by atoms with E-state index < -0.39 is 16.0 Å². The van der Waals surface area contributed by atoms with Crippen LogP contribution in [-0.4, -0.2) is 27.6 Å². The van der Waals surface area contributed by atoms with Gasteiger partial charge in [0, 0.05) is 6.07 Å². The zero-order valence-electron chi connectivity index (χ0n) is 11.3. The molecule has 1 aromatic heterocycles. The molecule has 0 aliphatic rings. The van der Waals surface area contributed by atoms with Crippen molar-refractivity contribution in [2.24, 2.45) is 0 Å². The number of benzene rings is 1. The first-order chi connectivity index (χ1) is 9.96. The molecular weight excluding hydrogens is 299 g/mol. The van der Waals surface area contributed by atoms with E-state index in [2.05, 4.69) is 9.71 Å². The van der Waals surface area contributed by atoms with Crippen molar-refractivity contribution in [3.05, 3.63) is 42.5 Å². The molecule has 1 N–H and O–H groups in total. The van der Waals surface area contributed by atoms with Crippen LogP contribution >= 0.6 is 0 Å². The Bertz CT molecular complexity index is 732. The summed E-state index contributed by atoms with van der Waals surface area (Å²) < 4.78 is 49.6. The van der Waals surface area contributed by atoms with E-state index >= 15 is 0 Å². The SMILES string of the molecule is COc1ccc(S(=O)(=O)Nc2ccc(F)nc2)cc1OC. The standard InChI is InChI=1S/C13H13FN2O4S/c1-19-11-5-4-10(7-12(11)20-2)21(17,18)16-9-3-6-13(14)15-8-9/h3-8,16H,1-2H3. The van der Waals surface area contributed by atoms with Crippen molar-refractivity contribution in [2.45, 2.75) is 4.90 Å². The number of halogens is 1. The Morgan fingerprint density at radius 3 is 2.38 bits per heavy atom. The van der Waals surface area contributed by atoms with Crippen LogP contribution in [0.4, 0.5) is 10.1 Å². The number of aromatic nitrogens is 1. The molecule has 112 valence electrons. The summed E-state index contributed by atoms with van der Waals surface area (Å²) in [5, 5.41) is 0. The Balaban J connectivity index is 2.33. The summed E-state index contributed by atoms with van der Waals surface area (Å²) in [4.78, 5) is 3.37. The molecule has 0 saturated heterocycles. The largest absolute Gasteiger partial charge is 0.493 e. The van der Waals surface area contributed by atoms with Gasteiger partial charge in [-0.05, 0) is 24.3 Å². The van der Waals surface area contributed by atoms with Crippen LogP contribution in [0.3, 0.4) is 0 Å². The monoisotopic (exact) mass is 312 g/mol. The second-order valence-corrected chi connectivity index (χ2v) is 5.67. The topological polar surface area (TPSA) is 77.5 Å². The fraction of sp³-hybridized carbons (Fsp3) is 0.154. The summed E-state index contributed by atoms with van der Waals surface area (Å²) in [7, 11) is -0.971. The maximum Gasteiger partial charge on any atom is 0.262 e. The number of pyridine rings is 1. The van der Waals surface area contributed by atoms with Crippen LogP contribution in [0.1, 0.15) is 0 Å². The number of sulfonamides is 1. The predicted octanol–water partition coefficient (Wildman–Crippen LogP) is 2.04. The molecule has 0 spiro atoms. The number of hydrogen-bond donors (Lipinski definition) is 1. The minimum atomic E-state index is -3.83. The fourth-order valence-electron chi connectivity index (χ4n) is 1.63. The van der Waals surface area contributed by atoms with Gasteiger partial charge in [-0.25, -0.2) is 13.4 Å². The number of nitrogens with one attached hydrogen (secondary N) is 1. The number of hydrogen-bond acceptors (Lipinski definition) is 5. The molecule has 0 saturated carbocycles. The van der Waals surface area contributed by atoms with Gasteiger partial charge in [0.05, 0.1) is 31.0 Å². The van der Waals surface area contributed by atoms with Gasteiger partial charge in [0.15, 0.2) is 11.5 Å². The number of methoxy groups -OCH3 is 2. The smallest absolute Gasteiger partial charge is 0.262 e. The van der Waals surface area contributed by atoms with E-state index in [-0.39, 0.29) is 16.3 Å². The van der Waals surface area contributed by atoms with E-state index in [1.165, 1.54) is 38.5 Å². The summed E-state index contributed by atoms with van der Waals surface area (Å²) in [5.41, 5.74) is 0.159. The van der Waals surface area contributed by atoms with Crippen LogP contribution < -0.4 is 14.2 Å². The molecule has 0 aliphatic carbocycles. The first-order valence-electron chi connectivity index (χ1n) is 5.82. The van der Waals surface area contributed by atoms with Crippen LogP contribution in [0.15, 0.2) is 41.4 Å². The summed E-state index contributed by atoms with van der Waals surface area (Å²) in [6.07, 6.45) is 1.09.